The van der Waals surface area contributed by atoms with Crippen molar-refractivity contribution < 1.29 is 18.5 Å². The lowest BCUT2D eigenvalue weighted by molar-refractivity contribution is 0.103. The molecule has 2 aromatic heterocycles. The number of thiazole rings is 1. The fraction of sp³-hybridized carbons (Fsp3) is 0.0769. The van der Waals surface area contributed by atoms with Gasteiger partial charge in [0, 0.05) is 43.2 Å². The standard InChI is InChI=1S/C26H19FIN2O3PS/c1-34(2,32)25-19-9-10-29-21(19)13-20(27)24(25)33-18-8-4-6-16(12-18)26-30-22(14-35-26)23(31)15-5-3-7-17(28)11-15/h3-14,29H,1-2H3. The molecule has 0 radical (unpaired) electrons. The topological polar surface area (TPSA) is 72.0 Å². The number of aromatic nitrogens is 2. The Kier molecular flexibility index (Phi) is 6.38. The number of fused-ring (bicyclic) bond motifs is 1. The van der Waals surface area contributed by atoms with Gasteiger partial charge in [0.25, 0.3) is 0 Å². The Hall–Kier alpha value is -2.81. The van der Waals surface area contributed by atoms with Crippen molar-refractivity contribution in [3.63, 3.8) is 0 Å². The van der Waals surface area contributed by atoms with E-state index < -0.39 is 13.0 Å². The Morgan fingerprint density at radius 2 is 1.91 bits per heavy atom. The fourth-order valence-corrected chi connectivity index (χ4v) is 6.62. The number of carbonyl (C=O) groups is 1. The Morgan fingerprint density at radius 1 is 1.11 bits per heavy atom. The number of nitrogens with one attached hydrogen (secondary N) is 1. The number of ketones is 1. The third-order valence-corrected chi connectivity index (χ3v) is 8.48. The first-order valence-corrected chi connectivity index (χ1v) is 15.2. The molecular formula is C26H19FIN2O3PS. The molecule has 0 amide bonds. The molecule has 0 saturated heterocycles. The van der Waals surface area contributed by atoms with Crippen LogP contribution in [-0.4, -0.2) is 29.1 Å². The molecule has 5 nitrogen and oxygen atoms in total. The van der Waals surface area contributed by atoms with Gasteiger partial charge >= 0.3 is 0 Å². The molecule has 5 aromatic rings. The van der Waals surface area contributed by atoms with E-state index in [-0.39, 0.29) is 11.5 Å². The molecule has 0 spiro atoms. The van der Waals surface area contributed by atoms with Gasteiger partial charge in [-0.15, -0.1) is 11.3 Å². The minimum absolute atomic E-state index is 0.0451. The predicted molar refractivity (Wildman–Crippen MR) is 148 cm³/mol. The predicted octanol–water partition coefficient (Wildman–Crippen LogP) is 7.31. The molecule has 0 aliphatic rings. The van der Waals surface area contributed by atoms with Gasteiger partial charge in [0.1, 0.15) is 23.6 Å². The maximum atomic E-state index is 15.1. The van der Waals surface area contributed by atoms with Crippen LogP contribution in [0, 0.1) is 9.39 Å². The van der Waals surface area contributed by atoms with E-state index >= 15 is 4.39 Å². The van der Waals surface area contributed by atoms with Crippen molar-refractivity contribution in [2.45, 2.75) is 0 Å². The maximum Gasteiger partial charge on any atom is 0.212 e. The number of halogens is 2. The molecular weight excluding hydrogens is 597 g/mol. The lowest BCUT2D eigenvalue weighted by Gasteiger charge is -2.17. The van der Waals surface area contributed by atoms with Crippen molar-refractivity contribution in [1.82, 2.24) is 9.97 Å². The van der Waals surface area contributed by atoms with Crippen LogP contribution in [0.2, 0.25) is 0 Å². The van der Waals surface area contributed by atoms with Crippen molar-refractivity contribution in [3.8, 4) is 22.1 Å². The van der Waals surface area contributed by atoms with Crippen LogP contribution in [0.25, 0.3) is 21.5 Å². The number of H-pyrrole nitrogens is 1. The lowest BCUT2D eigenvalue weighted by atomic mass is 10.1. The van der Waals surface area contributed by atoms with Crippen LogP contribution < -0.4 is 10.0 Å². The summed E-state index contributed by atoms with van der Waals surface area (Å²) in [7, 11) is -2.88. The maximum absolute atomic E-state index is 15.1. The highest BCUT2D eigenvalue weighted by Gasteiger charge is 2.26. The van der Waals surface area contributed by atoms with Crippen molar-refractivity contribution in [2.75, 3.05) is 13.3 Å². The summed E-state index contributed by atoms with van der Waals surface area (Å²) in [6.07, 6.45) is 1.69. The number of aromatic amines is 1. The molecule has 176 valence electrons. The summed E-state index contributed by atoms with van der Waals surface area (Å²) in [4.78, 5) is 20.4. The van der Waals surface area contributed by atoms with E-state index in [2.05, 4.69) is 32.6 Å². The van der Waals surface area contributed by atoms with Gasteiger partial charge in [-0.1, -0.05) is 24.3 Å². The first-order chi connectivity index (χ1) is 16.7. The van der Waals surface area contributed by atoms with Gasteiger partial charge in [-0.2, -0.15) is 0 Å². The van der Waals surface area contributed by atoms with Gasteiger partial charge in [0.05, 0.1) is 5.30 Å². The van der Waals surface area contributed by atoms with Crippen LogP contribution in [0.15, 0.2) is 72.2 Å². The molecule has 0 unspecified atom stereocenters. The van der Waals surface area contributed by atoms with Gasteiger partial charge in [0.2, 0.25) is 5.78 Å². The highest BCUT2D eigenvalue weighted by Crippen LogP contribution is 2.44. The number of carbonyl (C=O) groups excluding carboxylic acids is 1. The Balaban J connectivity index is 1.49. The van der Waals surface area contributed by atoms with Gasteiger partial charge < -0.3 is 14.3 Å². The van der Waals surface area contributed by atoms with Crippen LogP contribution in [0.1, 0.15) is 16.1 Å². The second-order valence-electron chi connectivity index (χ2n) is 8.33. The quantitative estimate of drug-likeness (QED) is 0.124. The molecule has 1 N–H and O–H groups in total. The molecule has 0 atom stereocenters. The number of rotatable bonds is 6. The van der Waals surface area contributed by atoms with Crippen molar-refractivity contribution in [3.05, 3.63) is 92.9 Å². The third kappa shape index (κ3) is 4.83. The first-order valence-electron chi connectivity index (χ1n) is 10.6. The van der Waals surface area contributed by atoms with E-state index in [4.69, 9.17) is 4.74 Å². The smallest absolute Gasteiger partial charge is 0.212 e. The number of ether oxygens (including phenoxy) is 1. The summed E-state index contributed by atoms with van der Waals surface area (Å²) in [5.74, 6) is -0.404. The third-order valence-electron chi connectivity index (χ3n) is 5.40. The van der Waals surface area contributed by atoms with Gasteiger partial charge in [-0.05, 0) is 66.3 Å². The average molecular weight is 616 g/mol. The SMILES string of the molecule is CP(C)(=O)c1c(Oc2cccc(-c3nc(C(=O)c4cccc(I)c4)cs3)c2)c(F)cc2[nH]ccc12. The molecule has 0 bridgehead atoms. The summed E-state index contributed by atoms with van der Waals surface area (Å²) >= 11 is 3.51. The average Bonchev–Trinajstić information content (AvgIpc) is 3.48. The lowest BCUT2D eigenvalue weighted by Crippen LogP contribution is -2.10. The Morgan fingerprint density at radius 3 is 2.69 bits per heavy atom. The van der Waals surface area contributed by atoms with E-state index in [9.17, 15) is 9.36 Å². The monoisotopic (exact) mass is 616 g/mol. The van der Waals surface area contributed by atoms with Gasteiger partial charge in [-0.25, -0.2) is 9.37 Å². The van der Waals surface area contributed by atoms with Crippen LogP contribution in [0.5, 0.6) is 11.5 Å². The number of benzene rings is 3. The van der Waals surface area contributed by atoms with Crippen LogP contribution >= 0.6 is 41.1 Å². The zero-order valence-corrected chi connectivity index (χ0v) is 22.6. The molecule has 0 saturated carbocycles. The second-order valence-corrected chi connectivity index (χ2v) is 13.6. The molecule has 3 aromatic carbocycles. The molecule has 35 heavy (non-hydrogen) atoms. The van der Waals surface area contributed by atoms with E-state index in [0.29, 0.717) is 38.2 Å². The summed E-state index contributed by atoms with van der Waals surface area (Å²) in [5, 5.41) is 3.40. The minimum Gasteiger partial charge on any atom is -0.453 e. The van der Waals surface area contributed by atoms with E-state index in [1.165, 1.54) is 17.4 Å². The summed E-state index contributed by atoms with van der Waals surface area (Å²) in [6.45, 7) is 3.19. The van der Waals surface area contributed by atoms with Crippen LogP contribution in [-0.2, 0) is 4.57 Å². The molecule has 0 aliphatic carbocycles. The first kappa shape index (κ1) is 23.9. The number of hydrogen-bond donors (Lipinski definition) is 1. The summed E-state index contributed by atoms with van der Waals surface area (Å²) in [5.41, 5.74) is 2.24. The van der Waals surface area contributed by atoms with Crippen molar-refractivity contribution in [1.29, 1.82) is 0 Å². The van der Waals surface area contributed by atoms with Crippen LogP contribution in [0.4, 0.5) is 4.39 Å². The largest absolute Gasteiger partial charge is 0.453 e. The zero-order valence-electron chi connectivity index (χ0n) is 18.7. The number of hydrogen-bond acceptors (Lipinski definition) is 5. The molecule has 5 rings (SSSR count). The normalized spacial score (nSPS) is 11.7. The summed E-state index contributed by atoms with van der Waals surface area (Å²) < 4.78 is 35.1. The van der Waals surface area contributed by atoms with E-state index in [0.717, 1.165) is 9.13 Å². The number of nitrogens with zero attached hydrogens (tertiary/aromatic N) is 1. The minimum atomic E-state index is -2.88. The highest BCUT2D eigenvalue weighted by atomic mass is 127. The molecule has 0 fully saturated rings. The highest BCUT2D eigenvalue weighted by molar-refractivity contribution is 14.1. The molecule has 0 aliphatic heterocycles. The van der Waals surface area contributed by atoms with Crippen molar-refractivity contribution >= 4 is 63.1 Å². The van der Waals surface area contributed by atoms with Crippen molar-refractivity contribution in [2.24, 2.45) is 0 Å². The molecule has 2 heterocycles. The molecule has 9 heteroatoms. The zero-order chi connectivity index (χ0) is 24.7. The summed E-state index contributed by atoms with van der Waals surface area (Å²) in [6, 6.07) is 17.5. The van der Waals surface area contributed by atoms with E-state index in [1.54, 1.807) is 55.2 Å². The second kappa shape index (κ2) is 9.33. The Bertz CT molecular complexity index is 1640. The van der Waals surface area contributed by atoms with E-state index in [1.807, 2.05) is 24.3 Å². The van der Waals surface area contributed by atoms with Crippen LogP contribution in [0.3, 0.4) is 0 Å². The van der Waals surface area contributed by atoms with Gasteiger partial charge in [-0.3, -0.25) is 4.79 Å². The van der Waals surface area contributed by atoms with Gasteiger partial charge in [0.15, 0.2) is 11.6 Å². The fourth-order valence-electron chi connectivity index (χ4n) is 3.87. The Labute approximate surface area is 218 Å².